The largest absolute Gasteiger partial charge is 0.457 e. The summed E-state index contributed by atoms with van der Waals surface area (Å²) >= 11 is 0. The summed E-state index contributed by atoms with van der Waals surface area (Å²) in [6.07, 6.45) is 1.46. The Bertz CT molecular complexity index is 1170. The zero-order chi connectivity index (χ0) is 21.9. The number of aromatic nitrogens is 1. The van der Waals surface area contributed by atoms with Gasteiger partial charge in [-0.1, -0.05) is 17.7 Å². The van der Waals surface area contributed by atoms with Gasteiger partial charge in [0.1, 0.15) is 11.5 Å². The van der Waals surface area contributed by atoms with Gasteiger partial charge < -0.3 is 14.5 Å². The number of rotatable bonds is 7. The average molecular weight is 429 g/mol. The van der Waals surface area contributed by atoms with E-state index in [1.165, 1.54) is 13.3 Å². The quantitative estimate of drug-likeness (QED) is 0.577. The van der Waals surface area contributed by atoms with E-state index in [9.17, 15) is 13.2 Å². The summed E-state index contributed by atoms with van der Waals surface area (Å²) in [5, 5.41) is 0. The van der Waals surface area contributed by atoms with E-state index < -0.39 is 21.8 Å². The Morgan fingerprint density at radius 1 is 0.933 bits per heavy atom. The monoisotopic (exact) mass is 428 g/mol. The van der Waals surface area contributed by atoms with Crippen molar-refractivity contribution >= 4 is 15.7 Å². The zero-order valence-electron chi connectivity index (χ0n) is 17.2. The van der Waals surface area contributed by atoms with Crippen LogP contribution in [-0.4, -0.2) is 26.8 Å². The van der Waals surface area contributed by atoms with Crippen molar-refractivity contribution in [3.05, 3.63) is 87.8 Å². The summed E-state index contributed by atoms with van der Waals surface area (Å²) in [6.45, 7) is 3.72. The van der Waals surface area contributed by atoms with Gasteiger partial charge in [-0.15, -0.1) is 0 Å². The first-order chi connectivity index (χ1) is 14.2. The second-order valence-electron chi connectivity index (χ2n) is 6.96. The molecule has 0 amide bonds. The zero-order valence-corrected chi connectivity index (χ0v) is 18.1. The molecule has 158 valence electrons. The van der Waals surface area contributed by atoms with Crippen LogP contribution >= 0.6 is 0 Å². The summed E-state index contributed by atoms with van der Waals surface area (Å²) < 4.78 is 37.6. The molecule has 7 nitrogen and oxygen atoms in total. The van der Waals surface area contributed by atoms with Crippen LogP contribution in [0.1, 0.15) is 22.9 Å². The van der Waals surface area contributed by atoms with Crippen molar-refractivity contribution in [3.8, 4) is 11.5 Å². The maximum absolute atomic E-state index is 12.6. The van der Waals surface area contributed by atoms with Crippen LogP contribution in [0.25, 0.3) is 0 Å². The summed E-state index contributed by atoms with van der Waals surface area (Å²) in [6, 6.07) is 15.9. The Hall–Kier alpha value is -3.10. The Morgan fingerprint density at radius 3 is 2.00 bits per heavy atom. The van der Waals surface area contributed by atoms with Crippen LogP contribution < -0.4 is 14.6 Å². The highest BCUT2D eigenvalue weighted by Crippen LogP contribution is 2.32. The molecule has 0 saturated heterocycles. The van der Waals surface area contributed by atoms with E-state index in [4.69, 9.17) is 9.47 Å². The van der Waals surface area contributed by atoms with E-state index in [0.29, 0.717) is 22.7 Å². The molecule has 0 bridgehead atoms. The van der Waals surface area contributed by atoms with E-state index in [1.807, 2.05) is 31.2 Å². The molecule has 0 aliphatic heterocycles. The lowest BCUT2D eigenvalue weighted by molar-refractivity contribution is 0.111. The summed E-state index contributed by atoms with van der Waals surface area (Å²) in [5.41, 5.74) is 1.92. The normalized spacial score (nSPS) is 12.4. The van der Waals surface area contributed by atoms with Gasteiger partial charge in [-0.3, -0.25) is 4.79 Å². The molecule has 3 aromatic rings. The third-order valence-corrected chi connectivity index (χ3v) is 5.72. The van der Waals surface area contributed by atoms with Crippen LogP contribution in [0, 0.1) is 13.8 Å². The van der Waals surface area contributed by atoms with Crippen LogP contribution in [0.5, 0.6) is 11.5 Å². The van der Waals surface area contributed by atoms with Crippen molar-refractivity contribution in [2.24, 2.45) is 0 Å². The predicted octanol–water partition coefficient (Wildman–Crippen LogP) is 3.90. The van der Waals surface area contributed by atoms with Gasteiger partial charge in [0.25, 0.3) is 5.56 Å². The predicted molar refractivity (Wildman–Crippen MR) is 117 cm³/mol. The number of nitrogens with zero attached hydrogens (tertiary/aromatic N) is 1. The molecule has 3 rings (SSSR count). The molecule has 0 radical (unpaired) electrons. The Balaban J connectivity index is 1.98. The number of H-pyrrole nitrogens is 1. The minimum absolute atomic E-state index is 0.227. The fraction of sp³-hybridized carbons (Fsp3) is 0.227. The second kappa shape index (κ2) is 8.73. The SMILES string of the molecule is COC(c1c(C)cc[nH]c1=O)N(c1ccc(Oc2ccc(C)cc2)cc1)S(C)(=O)=O. The van der Waals surface area contributed by atoms with Crippen molar-refractivity contribution < 1.29 is 17.9 Å². The number of aromatic amines is 1. The molecule has 1 unspecified atom stereocenters. The molecule has 1 heterocycles. The maximum Gasteiger partial charge on any atom is 0.255 e. The van der Waals surface area contributed by atoms with Gasteiger partial charge in [-0.05, 0) is 61.9 Å². The van der Waals surface area contributed by atoms with Gasteiger partial charge in [0.15, 0.2) is 6.23 Å². The summed E-state index contributed by atoms with van der Waals surface area (Å²) in [7, 11) is -2.41. The van der Waals surface area contributed by atoms with Crippen LogP contribution in [0.3, 0.4) is 0 Å². The van der Waals surface area contributed by atoms with Crippen molar-refractivity contribution in [2.75, 3.05) is 17.7 Å². The average Bonchev–Trinajstić information content (AvgIpc) is 2.69. The Morgan fingerprint density at radius 2 is 1.50 bits per heavy atom. The minimum Gasteiger partial charge on any atom is -0.457 e. The van der Waals surface area contributed by atoms with Gasteiger partial charge in [-0.25, -0.2) is 12.7 Å². The number of nitrogens with one attached hydrogen (secondary N) is 1. The third kappa shape index (κ3) is 4.72. The van der Waals surface area contributed by atoms with E-state index in [2.05, 4.69) is 4.98 Å². The van der Waals surface area contributed by atoms with Gasteiger partial charge in [0.2, 0.25) is 10.0 Å². The van der Waals surface area contributed by atoms with E-state index in [-0.39, 0.29) is 5.56 Å². The highest BCUT2D eigenvalue weighted by atomic mass is 32.2. The highest BCUT2D eigenvalue weighted by Gasteiger charge is 2.31. The van der Waals surface area contributed by atoms with Gasteiger partial charge in [-0.2, -0.15) is 0 Å². The topological polar surface area (TPSA) is 88.7 Å². The van der Waals surface area contributed by atoms with Gasteiger partial charge in [0, 0.05) is 13.3 Å². The molecule has 0 spiro atoms. The Labute approximate surface area is 175 Å². The number of ether oxygens (including phenoxy) is 2. The molecule has 0 aliphatic carbocycles. The molecule has 0 saturated carbocycles. The maximum atomic E-state index is 12.6. The van der Waals surface area contributed by atoms with Crippen molar-refractivity contribution in [3.63, 3.8) is 0 Å². The standard InChI is InChI=1S/C22H24N2O5S/c1-15-5-9-18(10-6-15)29-19-11-7-17(8-12-19)24(30(4,26)27)22(28-3)20-16(2)13-14-23-21(20)25/h5-14,22H,1-4H3,(H,23,25). The molecular weight excluding hydrogens is 404 g/mol. The molecule has 0 fully saturated rings. The number of anilines is 1. The second-order valence-corrected chi connectivity index (χ2v) is 8.82. The fourth-order valence-corrected chi connectivity index (χ4v) is 4.17. The smallest absolute Gasteiger partial charge is 0.255 e. The molecule has 8 heteroatoms. The fourth-order valence-electron chi connectivity index (χ4n) is 3.13. The Kier molecular flexibility index (Phi) is 6.28. The number of methoxy groups -OCH3 is 1. The first-order valence-corrected chi connectivity index (χ1v) is 11.1. The van der Waals surface area contributed by atoms with Crippen molar-refractivity contribution in [2.45, 2.75) is 20.1 Å². The molecule has 1 aromatic heterocycles. The summed E-state index contributed by atoms with van der Waals surface area (Å²) in [5.74, 6) is 1.23. The number of hydrogen-bond acceptors (Lipinski definition) is 5. The molecule has 1 N–H and O–H groups in total. The number of sulfonamides is 1. The van der Waals surface area contributed by atoms with Crippen LogP contribution in [0.2, 0.25) is 0 Å². The van der Waals surface area contributed by atoms with Crippen molar-refractivity contribution in [1.29, 1.82) is 0 Å². The molecule has 30 heavy (non-hydrogen) atoms. The van der Waals surface area contributed by atoms with E-state index in [0.717, 1.165) is 16.1 Å². The first kappa shape index (κ1) is 21.6. The molecule has 0 aliphatic rings. The number of benzene rings is 2. The lowest BCUT2D eigenvalue weighted by atomic mass is 10.1. The molecular formula is C22H24N2O5S. The molecule has 2 aromatic carbocycles. The number of hydrogen-bond donors (Lipinski definition) is 1. The summed E-state index contributed by atoms with van der Waals surface area (Å²) in [4.78, 5) is 15.0. The van der Waals surface area contributed by atoms with Crippen LogP contribution in [-0.2, 0) is 14.8 Å². The first-order valence-electron chi connectivity index (χ1n) is 9.25. The number of aryl methyl sites for hydroxylation is 2. The highest BCUT2D eigenvalue weighted by molar-refractivity contribution is 7.92. The van der Waals surface area contributed by atoms with Gasteiger partial charge >= 0.3 is 0 Å². The lowest BCUT2D eigenvalue weighted by Gasteiger charge is -2.31. The van der Waals surface area contributed by atoms with E-state index in [1.54, 1.807) is 37.3 Å². The molecule has 1 atom stereocenters. The third-order valence-electron chi connectivity index (χ3n) is 4.61. The minimum atomic E-state index is -3.77. The van der Waals surface area contributed by atoms with E-state index >= 15 is 0 Å². The van der Waals surface area contributed by atoms with Crippen LogP contribution in [0.4, 0.5) is 5.69 Å². The lowest BCUT2D eigenvalue weighted by Crippen LogP contribution is -2.38. The van der Waals surface area contributed by atoms with Crippen LogP contribution in [0.15, 0.2) is 65.6 Å². The van der Waals surface area contributed by atoms with Gasteiger partial charge in [0.05, 0.1) is 17.5 Å². The van der Waals surface area contributed by atoms with Crippen molar-refractivity contribution in [1.82, 2.24) is 4.98 Å². The number of pyridine rings is 1.